The van der Waals surface area contributed by atoms with E-state index in [4.69, 9.17) is 19.0 Å². The molecule has 1 unspecified atom stereocenters. The molecule has 1 aliphatic heterocycles. The molecule has 1 atom stereocenters. The zero-order chi connectivity index (χ0) is 30.9. The van der Waals surface area contributed by atoms with Gasteiger partial charge in [0.2, 0.25) is 5.76 Å². The number of benzene rings is 3. The molecule has 14 heteroatoms. The quantitative estimate of drug-likeness (QED) is 0.210. The molecule has 2 heterocycles. The molecular weight excluding hydrogens is 599 g/mol. The summed E-state index contributed by atoms with van der Waals surface area (Å²) in [4.78, 5) is 24.8. The number of furan rings is 1. The van der Waals surface area contributed by atoms with Crippen molar-refractivity contribution in [2.75, 3.05) is 7.11 Å². The van der Waals surface area contributed by atoms with Gasteiger partial charge >= 0.3 is 12.1 Å². The summed E-state index contributed by atoms with van der Waals surface area (Å²) < 4.78 is 86.5. The van der Waals surface area contributed by atoms with E-state index < -0.39 is 46.2 Å². The molecule has 0 radical (unpaired) electrons. The topological polar surface area (TPSA) is 102 Å². The highest BCUT2D eigenvalue weighted by molar-refractivity contribution is 8.14. The number of para-hydroxylation sites is 1. The second-order valence-electron chi connectivity index (χ2n) is 8.93. The van der Waals surface area contributed by atoms with Gasteiger partial charge in [-0.1, -0.05) is 30.0 Å². The molecule has 1 amide bonds. The average molecular weight is 619 g/mol. The lowest BCUT2D eigenvalue weighted by Crippen LogP contribution is -2.29. The Kier molecular flexibility index (Phi) is 8.13. The lowest BCUT2D eigenvalue weighted by atomic mass is 10.0. The maximum Gasteiger partial charge on any atom is 0.417 e. The minimum absolute atomic E-state index is 0.0722. The molecular formula is C29H19F5N2O6S. The second-order valence-corrected chi connectivity index (χ2v) is 10.00. The van der Waals surface area contributed by atoms with Crippen molar-refractivity contribution in [2.24, 2.45) is 5.10 Å². The molecule has 5 rings (SSSR count). The number of thioether (sulfide) groups is 1. The summed E-state index contributed by atoms with van der Waals surface area (Å²) in [5, 5.41) is 13.0. The fourth-order valence-electron chi connectivity index (χ4n) is 4.27. The van der Waals surface area contributed by atoms with Gasteiger partial charge in [-0.15, -0.1) is 0 Å². The van der Waals surface area contributed by atoms with Crippen molar-refractivity contribution in [1.29, 1.82) is 0 Å². The number of carbonyl (C=O) groups is 2. The number of amides is 1. The van der Waals surface area contributed by atoms with Gasteiger partial charge in [0.1, 0.15) is 34.4 Å². The van der Waals surface area contributed by atoms with E-state index in [9.17, 15) is 31.5 Å². The summed E-state index contributed by atoms with van der Waals surface area (Å²) in [7, 11) is 1.30. The van der Waals surface area contributed by atoms with E-state index in [1.807, 2.05) is 0 Å². The minimum Gasteiger partial charge on any atom is -0.492 e. The van der Waals surface area contributed by atoms with Crippen molar-refractivity contribution in [2.45, 2.75) is 18.2 Å². The Morgan fingerprint density at radius 2 is 1.74 bits per heavy atom. The fraction of sp³-hybridized carbons (Fsp3) is 0.138. The monoisotopic (exact) mass is 618 g/mol. The number of rotatable bonds is 8. The number of carboxylic acids is 1. The molecule has 3 aromatic carbocycles. The van der Waals surface area contributed by atoms with Crippen LogP contribution in [0.25, 0.3) is 0 Å². The number of carbonyl (C=O) groups excluding carboxylic acids is 1. The average Bonchev–Trinajstić information content (AvgIpc) is 3.63. The molecule has 0 saturated heterocycles. The van der Waals surface area contributed by atoms with Gasteiger partial charge in [0.05, 0.1) is 18.2 Å². The first-order valence-electron chi connectivity index (χ1n) is 12.3. The Labute approximate surface area is 244 Å². The van der Waals surface area contributed by atoms with E-state index in [-0.39, 0.29) is 40.2 Å². The van der Waals surface area contributed by atoms with E-state index in [0.717, 1.165) is 36.0 Å². The van der Waals surface area contributed by atoms with Gasteiger partial charge in [-0.3, -0.25) is 4.79 Å². The lowest BCUT2D eigenvalue weighted by molar-refractivity contribution is -0.138. The normalized spacial score (nSPS) is 14.9. The lowest BCUT2D eigenvalue weighted by Gasteiger charge is -2.25. The number of ether oxygens (including phenoxy) is 2. The number of hydrazone groups is 1. The zero-order valence-electron chi connectivity index (χ0n) is 21.9. The third kappa shape index (κ3) is 6.04. The third-order valence-electron chi connectivity index (χ3n) is 6.20. The van der Waals surface area contributed by atoms with E-state index in [1.165, 1.54) is 49.6 Å². The number of halogens is 5. The van der Waals surface area contributed by atoms with Crippen molar-refractivity contribution in [1.82, 2.24) is 5.01 Å². The molecule has 0 saturated carbocycles. The molecule has 8 nitrogen and oxygen atoms in total. The highest BCUT2D eigenvalue weighted by atomic mass is 32.2. The Hall–Kier alpha value is -4.85. The number of alkyl halides is 3. The maximum absolute atomic E-state index is 14.9. The van der Waals surface area contributed by atoms with Crippen LogP contribution in [0.2, 0.25) is 0 Å². The second kappa shape index (κ2) is 11.8. The summed E-state index contributed by atoms with van der Waals surface area (Å²) in [6.45, 7) is -0.213. The van der Waals surface area contributed by atoms with E-state index in [2.05, 4.69) is 5.10 Å². The summed E-state index contributed by atoms with van der Waals surface area (Å²) in [5.41, 5.74) is -2.11. The van der Waals surface area contributed by atoms with Crippen LogP contribution in [-0.2, 0) is 12.8 Å². The van der Waals surface area contributed by atoms with Crippen LogP contribution in [0.5, 0.6) is 11.5 Å². The zero-order valence-corrected chi connectivity index (χ0v) is 22.7. The highest BCUT2D eigenvalue weighted by Gasteiger charge is 2.42. The number of hydrogen-bond donors (Lipinski definition) is 1. The molecule has 1 aromatic heterocycles. The van der Waals surface area contributed by atoms with Gasteiger partial charge in [0.15, 0.2) is 11.5 Å². The molecule has 1 aliphatic rings. The number of carboxylic acid groups (broad SMARTS) is 1. The summed E-state index contributed by atoms with van der Waals surface area (Å²) in [6, 6.07) is 14.5. The van der Waals surface area contributed by atoms with Crippen LogP contribution in [0, 0.1) is 11.6 Å². The minimum atomic E-state index is -5.04. The first-order chi connectivity index (χ1) is 20.5. The van der Waals surface area contributed by atoms with E-state index >= 15 is 0 Å². The van der Waals surface area contributed by atoms with Crippen LogP contribution in [-0.4, -0.2) is 34.1 Å². The molecule has 0 bridgehead atoms. The molecule has 0 spiro atoms. The number of hydrogen-bond acceptors (Lipinski definition) is 7. The third-order valence-corrected chi connectivity index (χ3v) is 7.42. The summed E-state index contributed by atoms with van der Waals surface area (Å²) >= 11 is 0.942. The number of aromatic carboxylic acids is 1. The van der Waals surface area contributed by atoms with Gasteiger partial charge in [-0.05, 0) is 54.6 Å². The molecule has 1 N–H and O–H groups in total. The van der Waals surface area contributed by atoms with Crippen LogP contribution >= 0.6 is 11.8 Å². The van der Waals surface area contributed by atoms with Crippen molar-refractivity contribution >= 4 is 28.7 Å². The van der Waals surface area contributed by atoms with Gasteiger partial charge in [0, 0.05) is 11.1 Å². The standard InChI is InChI=1S/C29H19F5N2O6S/c1-40-24-18(4-2-7-21(24)41-14-17-12-13-22(42-17)28(38)39)27-36(35-25(43-27)15-8-10-16(30)11-9-15)26(37)23-19(29(32,33)34)5-3-6-20(23)31/h2-13,27H,14H2,1H3,(H,38,39). The largest absolute Gasteiger partial charge is 0.492 e. The Balaban J connectivity index is 1.56. The van der Waals surface area contributed by atoms with Crippen LogP contribution in [0.3, 0.4) is 0 Å². The Morgan fingerprint density at radius 3 is 2.40 bits per heavy atom. The first kappa shape index (κ1) is 29.6. The Bertz CT molecular complexity index is 1720. The molecule has 4 aromatic rings. The predicted octanol–water partition coefficient (Wildman–Crippen LogP) is 7.11. The van der Waals surface area contributed by atoms with E-state index in [1.54, 1.807) is 0 Å². The molecule has 222 valence electrons. The smallest absolute Gasteiger partial charge is 0.417 e. The van der Waals surface area contributed by atoms with Crippen molar-refractivity contribution in [3.8, 4) is 11.5 Å². The highest BCUT2D eigenvalue weighted by Crippen LogP contribution is 2.48. The molecule has 0 fully saturated rings. The molecule has 0 aliphatic carbocycles. The van der Waals surface area contributed by atoms with Crippen LogP contribution in [0.15, 0.2) is 82.3 Å². The van der Waals surface area contributed by atoms with Crippen LogP contribution in [0.1, 0.15) is 48.7 Å². The van der Waals surface area contributed by atoms with Crippen LogP contribution in [0.4, 0.5) is 22.0 Å². The van der Waals surface area contributed by atoms with Gasteiger partial charge < -0.3 is 19.0 Å². The SMILES string of the molecule is COc1c(OCc2ccc(C(=O)O)o2)cccc1C1SC(c2ccc(F)cc2)=NN1C(=O)c1c(F)cccc1C(F)(F)F. The van der Waals surface area contributed by atoms with Crippen molar-refractivity contribution in [3.05, 3.63) is 118 Å². The maximum atomic E-state index is 14.9. The number of methoxy groups -OCH3 is 1. The summed E-state index contributed by atoms with van der Waals surface area (Å²) in [5.74, 6) is -4.50. The number of nitrogens with zero attached hydrogens (tertiary/aromatic N) is 2. The van der Waals surface area contributed by atoms with Crippen LogP contribution < -0.4 is 9.47 Å². The van der Waals surface area contributed by atoms with Gasteiger partial charge in [0.25, 0.3) is 5.91 Å². The van der Waals surface area contributed by atoms with Crippen molar-refractivity contribution < 1.29 is 50.5 Å². The fourth-order valence-corrected chi connectivity index (χ4v) is 5.44. The van der Waals surface area contributed by atoms with E-state index in [0.29, 0.717) is 16.6 Å². The van der Waals surface area contributed by atoms with Gasteiger partial charge in [-0.25, -0.2) is 18.6 Å². The predicted molar refractivity (Wildman–Crippen MR) is 144 cm³/mol. The molecule has 43 heavy (non-hydrogen) atoms. The first-order valence-corrected chi connectivity index (χ1v) is 13.2. The van der Waals surface area contributed by atoms with Crippen molar-refractivity contribution in [3.63, 3.8) is 0 Å². The Morgan fingerprint density at radius 1 is 1.02 bits per heavy atom. The summed E-state index contributed by atoms with van der Waals surface area (Å²) in [6.07, 6.45) is -5.04. The van der Waals surface area contributed by atoms with Gasteiger partial charge in [-0.2, -0.15) is 18.3 Å².